The van der Waals surface area contributed by atoms with Crippen molar-refractivity contribution < 1.29 is 14.7 Å². The van der Waals surface area contributed by atoms with Gasteiger partial charge < -0.3 is 15.7 Å². The van der Waals surface area contributed by atoms with Crippen molar-refractivity contribution in [3.8, 4) is 0 Å². The minimum absolute atomic E-state index is 0.0764. The zero-order valence-electron chi connectivity index (χ0n) is 9.67. The van der Waals surface area contributed by atoms with Gasteiger partial charge in [0.15, 0.2) is 0 Å². The molecular formula is C12H16N2O3. The average molecular weight is 236 g/mol. The molecule has 0 unspecified atom stereocenters. The smallest absolute Gasteiger partial charge is 0.335 e. The van der Waals surface area contributed by atoms with Gasteiger partial charge in [-0.2, -0.15) is 0 Å². The van der Waals surface area contributed by atoms with Gasteiger partial charge in [-0.15, -0.1) is 0 Å². The van der Waals surface area contributed by atoms with Gasteiger partial charge in [-0.05, 0) is 12.1 Å². The lowest BCUT2D eigenvalue weighted by Crippen LogP contribution is -2.24. The summed E-state index contributed by atoms with van der Waals surface area (Å²) < 4.78 is 0. The second-order valence-electron chi connectivity index (χ2n) is 3.91. The highest BCUT2D eigenvalue weighted by molar-refractivity contribution is 5.87. The number of hydrogen-bond acceptors (Lipinski definition) is 3. The normalized spacial score (nSPS) is 18.6. The maximum Gasteiger partial charge on any atom is 0.335 e. The molecule has 1 fully saturated rings. The van der Waals surface area contributed by atoms with Crippen LogP contribution in [-0.4, -0.2) is 41.5 Å². The number of likely N-dealkylation sites (tertiary alicyclic amines) is 1. The maximum absolute atomic E-state index is 10.6. The number of carboxylic acids is 1. The summed E-state index contributed by atoms with van der Waals surface area (Å²) in [6.07, 6.45) is 0.524. The van der Waals surface area contributed by atoms with Crippen LogP contribution in [0.2, 0.25) is 0 Å². The number of benzene rings is 1. The van der Waals surface area contributed by atoms with Crippen molar-refractivity contribution in [3.63, 3.8) is 0 Å². The third-order valence-electron chi connectivity index (χ3n) is 2.39. The molecule has 2 rings (SSSR count). The van der Waals surface area contributed by atoms with E-state index in [1.54, 1.807) is 42.3 Å². The van der Waals surface area contributed by atoms with Crippen molar-refractivity contribution in [1.29, 1.82) is 0 Å². The van der Waals surface area contributed by atoms with Gasteiger partial charge in [-0.25, -0.2) is 4.79 Å². The molecule has 1 aliphatic heterocycles. The maximum atomic E-state index is 10.6. The monoisotopic (exact) mass is 236 g/mol. The van der Waals surface area contributed by atoms with Gasteiger partial charge >= 0.3 is 5.97 Å². The standard InChI is InChI=1S/C7H6O2.C5H10N2O/c8-7(9)6-4-2-1-3-5-6;1-7-3-4(6)2-5(7)8/h1-5H,(H,8,9);4H,2-3,6H2,1H3/t;4-/m.0/s1. The molecule has 17 heavy (non-hydrogen) atoms. The van der Waals surface area contributed by atoms with Gasteiger partial charge in [0, 0.05) is 26.1 Å². The molecule has 1 heterocycles. The third kappa shape index (κ3) is 4.24. The molecule has 1 aliphatic rings. The Morgan fingerprint density at radius 2 is 2.00 bits per heavy atom. The Morgan fingerprint density at radius 3 is 2.24 bits per heavy atom. The van der Waals surface area contributed by atoms with Gasteiger partial charge in [0.1, 0.15) is 0 Å². The van der Waals surface area contributed by atoms with Crippen LogP contribution in [0.4, 0.5) is 0 Å². The molecule has 0 radical (unpaired) electrons. The quantitative estimate of drug-likeness (QED) is 0.746. The van der Waals surface area contributed by atoms with E-state index in [4.69, 9.17) is 10.8 Å². The Balaban J connectivity index is 0.000000171. The fourth-order valence-corrected chi connectivity index (χ4v) is 1.48. The lowest BCUT2D eigenvalue weighted by atomic mass is 10.2. The number of carbonyl (C=O) groups excluding carboxylic acids is 1. The largest absolute Gasteiger partial charge is 0.478 e. The molecule has 1 atom stereocenters. The van der Waals surface area contributed by atoms with Gasteiger partial charge in [-0.3, -0.25) is 4.79 Å². The first-order chi connectivity index (χ1) is 8.00. The van der Waals surface area contributed by atoms with Crippen LogP contribution in [-0.2, 0) is 4.79 Å². The number of amides is 1. The van der Waals surface area contributed by atoms with Crippen LogP contribution in [0.5, 0.6) is 0 Å². The van der Waals surface area contributed by atoms with E-state index in [0.717, 1.165) is 6.54 Å². The first kappa shape index (κ1) is 13.2. The first-order valence-corrected chi connectivity index (χ1v) is 5.28. The van der Waals surface area contributed by atoms with Gasteiger partial charge in [0.05, 0.1) is 5.56 Å². The van der Waals surface area contributed by atoms with Gasteiger partial charge in [-0.1, -0.05) is 18.2 Å². The molecule has 3 N–H and O–H groups in total. The van der Waals surface area contributed by atoms with E-state index in [1.165, 1.54) is 0 Å². The number of carbonyl (C=O) groups is 2. The predicted octanol–water partition coefficient (Wildman–Crippen LogP) is 0.561. The molecular weight excluding hydrogens is 220 g/mol. The van der Waals surface area contributed by atoms with Crippen molar-refractivity contribution in [1.82, 2.24) is 4.90 Å². The number of carboxylic acid groups (broad SMARTS) is 1. The highest BCUT2D eigenvalue weighted by Crippen LogP contribution is 2.04. The Bertz CT molecular complexity index is 392. The summed E-state index contributed by atoms with van der Waals surface area (Å²) >= 11 is 0. The number of likely N-dealkylation sites (N-methyl/N-ethyl adjacent to an activating group) is 1. The molecule has 0 spiro atoms. The molecule has 1 aromatic rings. The summed E-state index contributed by atoms with van der Waals surface area (Å²) in [5.74, 6) is -0.715. The van der Waals surface area contributed by atoms with Crippen molar-refractivity contribution >= 4 is 11.9 Å². The molecule has 0 bridgehead atoms. The van der Waals surface area contributed by atoms with E-state index in [-0.39, 0.29) is 11.9 Å². The highest BCUT2D eigenvalue weighted by atomic mass is 16.4. The van der Waals surface area contributed by atoms with Crippen molar-refractivity contribution in [2.24, 2.45) is 5.73 Å². The molecule has 5 heteroatoms. The summed E-state index contributed by atoms with van der Waals surface area (Å²) in [6.45, 7) is 0.721. The van der Waals surface area contributed by atoms with Crippen LogP contribution >= 0.6 is 0 Å². The van der Waals surface area contributed by atoms with E-state index in [0.29, 0.717) is 12.0 Å². The minimum Gasteiger partial charge on any atom is -0.478 e. The van der Waals surface area contributed by atoms with Crippen LogP contribution in [0.25, 0.3) is 0 Å². The second kappa shape index (κ2) is 6.00. The van der Waals surface area contributed by atoms with Crippen molar-refractivity contribution in [3.05, 3.63) is 35.9 Å². The minimum atomic E-state index is -0.879. The Kier molecular flexibility index (Phi) is 4.66. The van der Waals surface area contributed by atoms with Crippen molar-refractivity contribution in [2.45, 2.75) is 12.5 Å². The molecule has 1 aromatic carbocycles. The van der Waals surface area contributed by atoms with Gasteiger partial charge in [0.2, 0.25) is 5.91 Å². The molecule has 0 saturated carbocycles. The molecule has 1 saturated heterocycles. The lowest BCUT2D eigenvalue weighted by Gasteiger charge is -2.04. The number of nitrogens with zero attached hydrogens (tertiary/aromatic N) is 1. The lowest BCUT2D eigenvalue weighted by molar-refractivity contribution is -0.126. The highest BCUT2D eigenvalue weighted by Gasteiger charge is 2.22. The number of nitrogens with two attached hydrogens (primary N) is 1. The van der Waals surface area contributed by atoms with E-state index in [1.807, 2.05) is 0 Å². The second-order valence-corrected chi connectivity index (χ2v) is 3.91. The van der Waals surface area contributed by atoms with Crippen LogP contribution in [0.1, 0.15) is 16.8 Å². The Morgan fingerprint density at radius 1 is 1.41 bits per heavy atom. The zero-order valence-corrected chi connectivity index (χ0v) is 9.67. The number of rotatable bonds is 1. The van der Waals surface area contributed by atoms with E-state index in [9.17, 15) is 9.59 Å². The summed E-state index contributed by atoms with van der Waals surface area (Å²) in [4.78, 5) is 22.5. The average Bonchev–Trinajstić information content (AvgIpc) is 2.58. The number of hydrogen-bond donors (Lipinski definition) is 2. The molecule has 1 amide bonds. The van der Waals surface area contributed by atoms with E-state index < -0.39 is 5.97 Å². The predicted molar refractivity (Wildman–Crippen MR) is 63.6 cm³/mol. The first-order valence-electron chi connectivity index (χ1n) is 5.28. The summed E-state index contributed by atoms with van der Waals surface area (Å²) in [5.41, 5.74) is 5.78. The Labute approximate surface area is 99.8 Å². The topological polar surface area (TPSA) is 83.6 Å². The fraction of sp³-hybridized carbons (Fsp3) is 0.333. The molecule has 5 nitrogen and oxygen atoms in total. The summed E-state index contributed by atoms with van der Waals surface area (Å²) in [5, 5.41) is 8.38. The number of aromatic carboxylic acids is 1. The molecule has 0 aromatic heterocycles. The molecule has 92 valence electrons. The van der Waals surface area contributed by atoms with E-state index in [2.05, 4.69) is 0 Å². The van der Waals surface area contributed by atoms with Gasteiger partial charge in [0.25, 0.3) is 0 Å². The molecule has 0 aliphatic carbocycles. The van der Waals surface area contributed by atoms with E-state index >= 15 is 0 Å². The van der Waals surface area contributed by atoms with Crippen LogP contribution in [0.3, 0.4) is 0 Å². The SMILES string of the molecule is CN1C[C@@H](N)CC1=O.O=C(O)c1ccccc1. The van der Waals surface area contributed by atoms with Crippen molar-refractivity contribution in [2.75, 3.05) is 13.6 Å². The summed E-state index contributed by atoms with van der Waals surface area (Å²) in [6, 6.07) is 8.37. The van der Waals surface area contributed by atoms with Crippen LogP contribution in [0.15, 0.2) is 30.3 Å². The summed E-state index contributed by atoms with van der Waals surface area (Å²) in [7, 11) is 1.77. The van der Waals surface area contributed by atoms with Crippen LogP contribution < -0.4 is 5.73 Å². The fourth-order valence-electron chi connectivity index (χ4n) is 1.48. The third-order valence-corrected chi connectivity index (χ3v) is 2.39. The zero-order chi connectivity index (χ0) is 12.8. The van der Waals surface area contributed by atoms with Crippen LogP contribution in [0, 0.1) is 0 Å². The Hall–Kier alpha value is -1.88.